The molecule has 2 aliphatic heterocycles. The first-order valence-electron chi connectivity index (χ1n) is 9.66. The standard InChI is InChI=1S/C22H18N6S2/c29-12-23-21-20-6-5-18(27-20)10-16-2-1-14(25-16)9-15-3-4-17(26-15)11-19-7-8-22(21,28-19)24-13-30/h1-6,9,11,21,25-27H,7-8,10H2/t21-,22+/m0/s1. The first-order chi connectivity index (χ1) is 14.7. The van der Waals surface area contributed by atoms with Gasteiger partial charge in [-0.25, -0.2) is 4.99 Å². The van der Waals surface area contributed by atoms with Crippen LogP contribution in [0.2, 0.25) is 0 Å². The molecule has 0 unspecified atom stereocenters. The molecule has 30 heavy (non-hydrogen) atoms. The number of aromatic amines is 3. The van der Waals surface area contributed by atoms with Gasteiger partial charge in [0.05, 0.1) is 10.3 Å². The lowest BCUT2D eigenvalue weighted by molar-refractivity contribution is 0.367. The average molecular weight is 431 g/mol. The van der Waals surface area contributed by atoms with Crippen molar-refractivity contribution in [1.29, 1.82) is 0 Å². The van der Waals surface area contributed by atoms with Gasteiger partial charge >= 0.3 is 0 Å². The van der Waals surface area contributed by atoms with Gasteiger partial charge in [-0.2, -0.15) is 4.99 Å². The van der Waals surface area contributed by atoms with E-state index in [1.54, 1.807) is 0 Å². The Morgan fingerprint density at radius 2 is 1.73 bits per heavy atom. The third-order valence-electron chi connectivity index (χ3n) is 5.52. The van der Waals surface area contributed by atoms with Crippen LogP contribution in [0.3, 0.4) is 0 Å². The van der Waals surface area contributed by atoms with Crippen molar-refractivity contribution >= 4 is 52.6 Å². The molecule has 8 bridgehead atoms. The summed E-state index contributed by atoms with van der Waals surface area (Å²) in [6, 6.07) is 11.9. The number of hydrogen-bond donors (Lipinski definition) is 3. The van der Waals surface area contributed by atoms with E-state index in [1.807, 2.05) is 18.2 Å². The second-order valence-corrected chi connectivity index (χ2v) is 7.89. The molecule has 5 heterocycles. The SMILES string of the molecule is S=C=N[C@H]1c2ccc([nH]2)Cc2ccc([nH]2)C=c2ccc([nH]2)=CC2=N[C@]1(N=C=S)CC2. The third-order valence-corrected chi connectivity index (χ3v) is 5.72. The van der Waals surface area contributed by atoms with E-state index >= 15 is 0 Å². The lowest BCUT2D eigenvalue weighted by Gasteiger charge is -2.26. The minimum atomic E-state index is -0.875. The van der Waals surface area contributed by atoms with Crippen LogP contribution in [0.25, 0.3) is 12.2 Å². The van der Waals surface area contributed by atoms with Crippen molar-refractivity contribution in [3.8, 4) is 0 Å². The summed E-state index contributed by atoms with van der Waals surface area (Å²) in [4.78, 5) is 24.2. The fourth-order valence-electron chi connectivity index (χ4n) is 4.19. The quantitative estimate of drug-likeness (QED) is 0.431. The van der Waals surface area contributed by atoms with Gasteiger partial charge in [-0.3, -0.25) is 4.99 Å². The van der Waals surface area contributed by atoms with Crippen molar-refractivity contribution in [2.45, 2.75) is 31.0 Å². The van der Waals surface area contributed by atoms with E-state index in [1.165, 1.54) is 0 Å². The number of H-pyrrole nitrogens is 3. The van der Waals surface area contributed by atoms with Gasteiger partial charge < -0.3 is 15.0 Å². The van der Waals surface area contributed by atoms with Gasteiger partial charge in [-0.15, -0.1) is 0 Å². The minimum Gasteiger partial charge on any atom is -0.360 e. The number of rotatable bonds is 2. The molecule has 0 spiro atoms. The minimum absolute atomic E-state index is 0.440. The zero-order chi connectivity index (χ0) is 20.6. The average Bonchev–Trinajstić information content (AvgIpc) is 3.51. The lowest BCUT2D eigenvalue weighted by Crippen LogP contribution is -2.29. The predicted octanol–water partition coefficient (Wildman–Crippen LogP) is 3.06. The normalized spacial score (nSPS) is 22.1. The molecule has 6 nitrogen and oxygen atoms in total. The molecular weight excluding hydrogens is 412 g/mol. The Morgan fingerprint density at radius 1 is 0.933 bits per heavy atom. The van der Waals surface area contributed by atoms with Crippen LogP contribution in [0.5, 0.6) is 0 Å². The molecule has 3 aromatic rings. The molecule has 2 atom stereocenters. The van der Waals surface area contributed by atoms with Crippen molar-refractivity contribution in [2.75, 3.05) is 0 Å². The highest BCUT2D eigenvalue weighted by Crippen LogP contribution is 2.41. The summed E-state index contributed by atoms with van der Waals surface area (Å²) in [7, 11) is 0. The second-order valence-electron chi connectivity index (χ2n) is 7.52. The number of fused-ring (bicyclic) bond motifs is 7. The van der Waals surface area contributed by atoms with Crippen molar-refractivity contribution in [1.82, 2.24) is 15.0 Å². The molecule has 0 aromatic carbocycles. The van der Waals surface area contributed by atoms with E-state index in [0.717, 1.165) is 52.0 Å². The fraction of sp³-hybridized carbons (Fsp3) is 0.227. The number of hydrogen-bond acceptors (Lipinski definition) is 5. The molecule has 8 heteroatoms. The first kappa shape index (κ1) is 18.9. The molecule has 0 amide bonds. The Labute approximate surface area is 183 Å². The van der Waals surface area contributed by atoms with Crippen LogP contribution in [-0.4, -0.2) is 36.6 Å². The summed E-state index contributed by atoms with van der Waals surface area (Å²) in [6.45, 7) is 0. The Hall–Kier alpha value is -3.15. The number of nitrogens with one attached hydrogen (secondary N) is 3. The van der Waals surface area contributed by atoms with Crippen molar-refractivity contribution in [3.05, 3.63) is 69.9 Å². The molecule has 0 saturated carbocycles. The van der Waals surface area contributed by atoms with E-state index in [0.29, 0.717) is 6.42 Å². The summed E-state index contributed by atoms with van der Waals surface area (Å²) < 4.78 is 0. The summed E-state index contributed by atoms with van der Waals surface area (Å²) >= 11 is 9.92. The molecule has 3 N–H and O–H groups in total. The molecule has 5 rings (SSSR count). The van der Waals surface area contributed by atoms with Crippen LogP contribution in [0.4, 0.5) is 0 Å². The third kappa shape index (κ3) is 3.47. The van der Waals surface area contributed by atoms with Crippen LogP contribution in [-0.2, 0) is 6.42 Å². The number of aromatic nitrogens is 3. The topological polar surface area (TPSA) is 84.5 Å². The van der Waals surface area contributed by atoms with Crippen LogP contribution in [0.1, 0.15) is 41.7 Å². The second kappa shape index (κ2) is 7.59. The first-order valence-corrected chi connectivity index (χ1v) is 10.5. The Kier molecular flexibility index (Phi) is 4.77. The van der Waals surface area contributed by atoms with Gasteiger partial charge in [-0.1, -0.05) is 0 Å². The molecule has 0 saturated heterocycles. The molecule has 2 aliphatic rings. The Morgan fingerprint density at radius 3 is 2.57 bits per heavy atom. The molecule has 148 valence electrons. The molecule has 3 aromatic heterocycles. The molecule has 0 aliphatic carbocycles. The largest absolute Gasteiger partial charge is 0.360 e. The zero-order valence-corrected chi connectivity index (χ0v) is 17.6. The summed E-state index contributed by atoms with van der Waals surface area (Å²) in [5.41, 5.74) is 4.17. The number of aliphatic imine (C=N–C) groups is 3. The summed E-state index contributed by atoms with van der Waals surface area (Å²) in [5, 5.41) is 7.07. The smallest absolute Gasteiger partial charge is 0.189 e. The van der Waals surface area contributed by atoms with Gasteiger partial charge in [0, 0.05) is 52.0 Å². The van der Waals surface area contributed by atoms with E-state index in [4.69, 9.17) is 29.4 Å². The molecule has 0 radical (unpaired) electrons. The van der Waals surface area contributed by atoms with Gasteiger partial charge in [0.1, 0.15) is 6.04 Å². The summed E-state index contributed by atoms with van der Waals surface area (Å²) in [6.07, 6.45) is 6.30. The maximum absolute atomic E-state index is 4.97. The highest BCUT2D eigenvalue weighted by Gasteiger charge is 2.43. The van der Waals surface area contributed by atoms with E-state index < -0.39 is 11.7 Å². The van der Waals surface area contributed by atoms with Crippen LogP contribution >= 0.6 is 24.4 Å². The molecule has 0 fully saturated rings. The van der Waals surface area contributed by atoms with E-state index in [-0.39, 0.29) is 0 Å². The summed E-state index contributed by atoms with van der Waals surface area (Å²) in [5.74, 6) is 0. The van der Waals surface area contributed by atoms with E-state index in [2.05, 4.69) is 65.6 Å². The predicted molar refractivity (Wildman–Crippen MR) is 125 cm³/mol. The molecular formula is C22H18N6S2. The highest BCUT2D eigenvalue weighted by atomic mass is 32.1. The van der Waals surface area contributed by atoms with Gasteiger partial charge in [0.25, 0.3) is 0 Å². The maximum Gasteiger partial charge on any atom is 0.189 e. The van der Waals surface area contributed by atoms with Crippen LogP contribution < -0.4 is 10.7 Å². The lowest BCUT2D eigenvalue weighted by atomic mass is 9.96. The number of nitrogens with zero attached hydrogens (tertiary/aromatic N) is 3. The Balaban J connectivity index is 1.73. The highest BCUT2D eigenvalue weighted by molar-refractivity contribution is 7.78. The van der Waals surface area contributed by atoms with Gasteiger partial charge in [0.15, 0.2) is 5.66 Å². The van der Waals surface area contributed by atoms with E-state index in [9.17, 15) is 0 Å². The fourth-order valence-corrected chi connectivity index (χ4v) is 4.45. The maximum atomic E-state index is 4.97. The Bertz CT molecular complexity index is 1360. The van der Waals surface area contributed by atoms with Crippen molar-refractivity contribution < 1.29 is 0 Å². The van der Waals surface area contributed by atoms with Crippen LogP contribution in [0.15, 0.2) is 51.4 Å². The van der Waals surface area contributed by atoms with Crippen molar-refractivity contribution in [2.24, 2.45) is 15.0 Å². The van der Waals surface area contributed by atoms with Crippen LogP contribution in [0, 0.1) is 0 Å². The van der Waals surface area contributed by atoms with Gasteiger partial charge in [0.2, 0.25) is 0 Å². The number of thiocarbonyl (C=S) groups is 2. The zero-order valence-electron chi connectivity index (χ0n) is 16.0. The van der Waals surface area contributed by atoms with Gasteiger partial charge in [-0.05, 0) is 79.4 Å². The number of isothiocyanates is 2. The van der Waals surface area contributed by atoms with Crippen molar-refractivity contribution in [3.63, 3.8) is 0 Å². The monoisotopic (exact) mass is 430 g/mol.